The van der Waals surface area contributed by atoms with E-state index in [0.29, 0.717) is 32.8 Å². The van der Waals surface area contributed by atoms with E-state index in [2.05, 4.69) is 15.5 Å². The normalized spacial score (nSPS) is 11.4. The van der Waals surface area contributed by atoms with Crippen LogP contribution in [0, 0.1) is 6.92 Å². The Morgan fingerprint density at radius 2 is 1.74 bits per heavy atom. The van der Waals surface area contributed by atoms with Crippen LogP contribution in [0.15, 0.2) is 75.8 Å². The number of anilines is 1. The van der Waals surface area contributed by atoms with Crippen LogP contribution < -0.4 is 44.7 Å². The fourth-order valence-electron chi connectivity index (χ4n) is 3.56. The number of azo groups is 1. The molecule has 2 N–H and O–H groups in total. The molecule has 190 valence electrons. The molecule has 4 aromatic rings. The van der Waals surface area contributed by atoms with Gasteiger partial charge in [-0.3, -0.25) is 9.35 Å². The van der Waals surface area contributed by atoms with Crippen LogP contribution in [0.2, 0.25) is 10.0 Å². The zero-order valence-electron chi connectivity index (χ0n) is 20.3. The third-order valence-electron chi connectivity index (χ3n) is 5.42. The maximum Gasteiger partial charge on any atom is 1.00 e. The zero-order chi connectivity index (χ0) is 26.9. The summed E-state index contributed by atoms with van der Waals surface area (Å²) in [6, 6.07) is 15.2. The van der Waals surface area contributed by atoms with E-state index in [1.807, 2.05) is 0 Å². The molecular weight excluding hydrogens is 564 g/mol. The Morgan fingerprint density at radius 3 is 2.42 bits per heavy atom. The predicted octanol–water partition coefficient (Wildman–Crippen LogP) is 3.46. The molecule has 1 amide bonds. The summed E-state index contributed by atoms with van der Waals surface area (Å²) >= 11 is 12.0. The van der Waals surface area contributed by atoms with Gasteiger partial charge in [0.1, 0.15) is 10.6 Å². The van der Waals surface area contributed by atoms with Gasteiger partial charge in [0.05, 0.1) is 28.5 Å². The molecule has 0 atom stereocenters. The number of carbonyl (C=O) groups is 1. The molecule has 0 fully saturated rings. The van der Waals surface area contributed by atoms with Gasteiger partial charge in [-0.1, -0.05) is 53.2 Å². The molecule has 0 aromatic heterocycles. The van der Waals surface area contributed by atoms with Gasteiger partial charge in [-0.2, -0.15) is 18.6 Å². The summed E-state index contributed by atoms with van der Waals surface area (Å²) in [6.45, 7) is 1.61. The largest absolute Gasteiger partial charge is 1.00 e. The molecule has 0 aliphatic rings. The van der Waals surface area contributed by atoms with Gasteiger partial charge in [0.25, 0.3) is 16.0 Å². The Balaban J connectivity index is 0.00000400. The van der Waals surface area contributed by atoms with Gasteiger partial charge < -0.3 is 15.2 Å². The third kappa shape index (κ3) is 6.29. The molecule has 0 bridgehead atoms. The van der Waals surface area contributed by atoms with Gasteiger partial charge in [0, 0.05) is 22.7 Å². The number of hydrogen-bond donors (Lipinski definition) is 2. The second-order valence-electron chi connectivity index (χ2n) is 7.87. The molecule has 0 heterocycles. The van der Waals surface area contributed by atoms with E-state index in [1.165, 1.54) is 25.3 Å². The van der Waals surface area contributed by atoms with Crippen LogP contribution in [0.5, 0.6) is 11.5 Å². The number of methoxy groups -OCH3 is 1. The van der Waals surface area contributed by atoms with Crippen LogP contribution in [-0.2, 0) is 10.1 Å². The summed E-state index contributed by atoms with van der Waals surface area (Å²) < 4.78 is 37.9. The predicted molar refractivity (Wildman–Crippen MR) is 140 cm³/mol. The quantitative estimate of drug-likeness (QED) is 0.203. The van der Waals surface area contributed by atoms with Gasteiger partial charge in [-0.05, 0) is 48.2 Å². The first-order chi connectivity index (χ1) is 17.5. The summed E-state index contributed by atoms with van der Waals surface area (Å²) in [5.41, 5.74) is 0.552. The number of benzene rings is 4. The molecule has 0 spiro atoms. The maximum absolute atomic E-state index is 13.4. The van der Waals surface area contributed by atoms with Crippen LogP contribution in [0.1, 0.15) is 15.9 Å². The van der Waals surface area contributed by atoms with Crippen molar-refractivity contribution in [2.75, 3.05) is 12.4 Å². The van der Waals surface area contributed by atoms with Crippen molar-refractivity contribution in [1.29, 1.82) is 0 Å². The van der Waals surface area contributed by atoms with Crippen molar-refractivity contribution in [2.24, 2.45) is 10.2 Å². The number of aryl methyl sites for hydroxylation is 1. The van der Waals surface area contributed by atoms with Crippen molar-refractivity contribution >= 4 is 67.1 Å². The summed E-state index contributed by atoms with van der Waals surface area (Å²) in [5.74, 6) is -1.03. The van der Waals surface area contributed by atoms with Crippen molar-refractivity contribution in [3.63, 3.8) is 0 Å². The summed E-state index contributed by atoms with van der Waals surface area (Å²) in [7, 11) is -3.18. The average Bonchev–Trinajstić information content (AvgIpc) is 2.84. The van der Waals surface area contributed by atoms with Crippen LogP contribution in [0.3, 0.4) is 0 Å². The second kappa shape index (κ2) is 12.0. The van der Waals surface area contributed by atoms with Crippen LogP contribution in [0.25, 0.3) is 10.8 Å². The molecule has 0 saturated heterocycles. The zero-order valence-corrected chi connectivity index (χ0v) is 24.6. The van der Waals surface area contributed by atoms with E-state index in [4.69, 9.17) is 27.9 Å². The topological polar surface area (TPSA) is 140 Å². The van der Waals surface area contributed by atoms with Crippen molar-refractivity contribution in [2.45, 2.75) is 11.8 Å². The Kier molecular flexibility index (Phi) is 9.43. The number of carbonyl (C=O) groups excluding carboxylic acids is 1. The van der Waals surface area contributed by atoms with Gasteiger partial charge >= 0.3 is 29.6 Å². The van der Waals surface area contributed by atoms with E-state index in [0.717, 1.165) is 6.07 Å². The first-order valence-corrected chi connectivity index (χ1v) is 12.8. The number of nitrogens with one attached hydrogen (secondary N) is 1. The minimum Gasteiger partial charge on any atom is -0.870 e. The summed E-state index contributed by atoms with van der Waals surface area (Å²) in [5, 5.41) is 25.3. The van der Waals surface area contributed by atoms with Gasteiger partial charge in [-0.15, -0.1) is 0 Å². The van der Waals surface area contributed by atoms with Crippen molar-refractivity contribution in [3.8, 4) is 11.5 Å². The Hall–Kier alpha value is -2.70. The van der Waals surface area contributed by atoms with E-state index in [-0.39, 0.29) is 51.5 Å². The minimum atomic E-state index is -4.62. The van der Waals surface area contributed by atoms with Crippen LogP contribution >= 0.6 is 23.2 Å². The van der Waals surface area contributed by atoms with Crippen molar-refractivity contribution in [3.05, 3.63) is 81.8 Å². The number of rotatable bonds is 6. The molecule has 0 saturated carbocycles. The monoisotopic (exact) mass is 581 g/mol. The number of fused-ring (bicyclic) bond motifs is 1. The smallest absolute Gasteiger partial charge is 0.870 e. The second-order valence-corrected chi connectivity index (χ2v) is 10.1. The molecule has 0 unspecified atom stereocenters. The molecule has 13 heteroatoms. The third-order valence-corrected chi connectivity index (χ3v) is 7.05. The number of amides is 1. The fourth-order valence-corrected chi connectivity index (χ4v) is 4.84. The number of nitrogens with zero attached hydrogens (tertiary/aromatic N) is 2. The SMILES string of the molecule is COc1cc(NC(=O)c2cc3ccccc3c(N=Nc3cc(S(=O)(=O)O)c(Cl)cc3C)c2[O-])ccc1Cl.[Na+]. The summed E-state index contributed by atoms with van der Waals surface area (Å²) in [6.07, 6.45) is 0. The van der Waals surface area contributed by atoms with Gasteiger partial charge in [-0.25, -0.2) is 0 Å². The average molecular weight is 582 g/mol. The molecule has 4 rings (SSSR count). The van der Waals surface area contributed by atoms with Gasteiger partial charge in [0.15, 0.2) is 0 Å². The van der Waals surface area contributed by atoms with Crippen molar-refractivity contribution < 1.29 is 57.2 Å². The van der Waals surface area contributed by atoms with Crippen molar-refractivity contribution in [1.82, 2.24) is 0 Å². The molecule has 0 aliphatic carbocycles. The van der Waals surface area contributed by atoms with E-state index < -0.39 is 26.7 Å². The fraction of sp³-hybridized carbons (Fsp3) is 0.0800. The Bertz CT molecular complexity index is 1700. The Labute approximate surface area is 250 Å². The molecular formula is C25H18Cl2N3NaO6S. The number of ether oxygens (including phenoxy) is 1. The number of hydrogen-bond acceptors (Lipinski definition) is 7. The standard InChI is InChI=1S/C25H19Cl2N3O6S.Na/c1-13-9-19(27)22(37(33,34)35)12-20(13)29-30-23-16-6-4-3-5-14(16)10-17(24(23)31)25(32)28-15-7-8-18(26)21(11-15)36-2;/h3-12,31H,1-2H3,(H,28,32)(H,33,34,35);/q;+1/p-1. The molecule has 38 heavy (non-hydrogen) atoms. The Morgan fingerprint density at radius 1 is 1.03 bits per heavy atom. The van der Waals surface area contributed by atoms with Gasteiger partial charge in [0.2, 0.25) is 0 Å². The maximum atomic E-state index is 13.4. The summed E-state index contributed by atoms with van der Waals surface area (Å²) in [4.78, 5) is 12.5. The van der Waals surface area contributed by atoms with Crippen LogP contribution in [-0.4, -0.2) is 26.0 Å². The first-order valence-electron chi connectivity index (χ1n) is 10.6. The van der Waals surface area contributed by atoms with E-state index >= 15 is 0 Å². The molecule has 9 nitrogen and oxygen atoms in total. The first kappa shape index (κ1) is 29.9. The van der Waals surface area contributed by atoms with Crippen LogP contribution in [0.4, 0.5) is 17.1 Å². The molecule has 0 aliphatic heterocycles. The molecule has 4 aromatic carbocycles. The minimum absolute atomic E-state index is 0. The van der Waals surface area contributed by atoms with E-state index in [9.17, 15) is 22.9 Å². The number of halogens is 2. The van der Waals surface area contributed by atoms with E-state index in [1.54, 1.807) is 43.3 Å². The molecule has 0 radical (unpaired) electrons.